The molecule has 1 aromatic carbocycles. The smallest absolute Gasteiger partial charge is 0.301 e. The molecule has 1 atom stereocenters. The number of nitrogens with zero attached hydrogens (tertiary/aromatic N) is 3. The number of piperidine rings is 1. The quantitative estimate of drug-likeness (QED) is 0.443. The first-order valence-electron chi connectivity index (χ1n) is 8.86. The number of hydrogen-bond donors (Lipinski definition) is 2. The van der Waals surface area contributed by atoms with Gasteiger partial charge < -0.3 is 15.5 Å². The van der Waals surface area contributed by atoms with Gasteiger partial charge in [-0.25, -0.2) is 4.98 Å². The van der Waals surface area contributed by atoms with Crippen LogP contribution in [0, 0.1) is 10.1 Å². The second kappa shape index (κ2) is 9.60. The van der Waals surface area contributed by atoms with E-state index < -0.39 is 4.92 Å². The van der Waals surface area contributed by atoms with Gasteiger partial charge in [-0.05, 0) is 47.0 Å². The Morgan fingerprint density at radius 3 is 2.69 bits per heavy atom. The lowest BCUT2D eigenvalue weighted by atomic mass is 10.1. The summed E-state index contributed by atoms with van der Waals surface area (Å²) < 4.78 is 0.355. The van der Waals surface area contributed by atoms with Crippen molar-refractivity contribution in [1.82, 2.24) is 9.88 Å². The third-order valence-corrected chi connectivity index (χ3v) is 5.53. The molecule has 2 N–H and O–H groups in total. The molecule has 2 heterocycles. The summed E-state index contributed by atoms with van der Waals surface area (Å²) in [6.45, 7) is 1.32. The Morgan fingerprint density at radius 1 is 1.31 bits per heavy atom. The predicted molar refractivity (Wildman–Crippen MR) is 117 cm³/mol. The van der Waals surface area contributed by atoms with Crippen molar-refractivity contribution in [3.63, 3.8) is 0 Å². The van der Waals surface area contributed by atoms with Crippen molar-refractivity contribution in [1.29, 1.82) is 0 Å². The van der Waals surface area contributed by atoms with Crippen LogP contribution in [0.4, 0.5) is 17.2 Å². The Morgan fingerprint density at radius 2 is 2.03 bits per heavy atom. The molecule has 1 aliphatic rings. The molecular weight excluding hydrogens is 485 g/mol. The number of nitrogens with one attached hydrogen (secondary N) is 2. The molecule has 0 unspecified atom stereocenters. The lowest BCUT2D eigenvalue weighted by molar-refractivity contribution is -0.386. The highest BCUT2D eigenvalue weighted by Crippen LogP contribution is 2.27. The zero-order valence-electron chi connectivity index (χ0n) is 15.2. The molecule has 8 nitrogen and oxygen atoms in total. The molecule has 1 aliphatic heterocycles. The molecule has 154 valence electrons. The Labute approximate surface area is 185 Å². The van der Waals surface area contributed by atoms with Crippen LogP contribution in [-0.4, -0.2) is 46.4 Å². The average molecular weight is 503 g/mol. The molecule has 2 aromatic rings. The zero-order chi connectivity index (χ0) is 21.0. The fourth-order valence-corrected chi connectivity index (χ4v) is 4.10. The van der Waals surface area contributed by atoms with Gasteiger partial charge >= 0.3 is 5.69 Å². The van der Waals surface area contributed by atoms with Crippen LogP contribution in [-0.2, 0) is 4.79 Å². The highest BCUT2D eigenvalue weighted by Gasteiger charge is 2.24. The van der Waals surface area contributed by atoms with E-state index in [1.165, 1.54) is 6.20 Å². The third-order valence-electron chi connectivity index (χ3n) is 4.46. The molecule has 11 heteroatoms. The number of aromatic nitrogens is 1. The van der Waals surface area contributed by atoms with Crippen molar-refractivity contribution in [2.75, 3.05) is 30.3 Å². The molecule has 1 amide bonds. The highest BCUT2D eigenvalue weighted by atomic mass is 79.9. The second-order valence-electron chi connectivity index (χ2n) is 6.61. The van der Waals surface area contributed by atoms with E-state index >= 15 is 0 Å². The SMILES string of the molecule is O=C(CNc1cc(Cl)cc(Cl)c1)N1CCC[C@H](Nc2cc(Br)c([N+](=O)[O-])cn2)C1. The van der Waals surface area contributed by atoms with E-state index in [1.807, 2.05) is 0 Å². The molecule has 1 fully saturated rings. The number of likely N-dealkylation sites (tertiary alicyclic amines) is 1. The number of carbonyl (C=O) groups excluding carboxylic acids is 1. The molecule has 3 rings (SSSR count). The molecule has 1 aromatic heterocycles. The summed E-state index contributed by atoms with van der Waals surface area (Å²) in [4.78, 5) is 28.9. The molecule has 1 saturated heterocycles. The summed E-state index contributed by atoms with van der Waals surface area (Å²) in [7, 11) is 0. The van der Waals surface area contributed by atoms with Crippen LogP contribution < -0.4 is 10.6 Å². The van der Waals surface area contributed by atoms with E-state index in [9.17, 15) is 14.9 Å². The predicted octanol–water partition coefficient (Wildman–Crippen LogP) is 4.57. The van der Waals surface area contributed by atoms with E-state index in [-0.39, 0.29) is 24.2 Å². The first kappa shape index (κ1) is 21.6. The minimum Gasteiger partial charge on any atom is -0.376 e. The van der Waals surface area contributed by atoms with Gasteiger partial charge in [0.15, 0.2) is 0 Å². The standard InChI is InChI=1S/C18H18BrCl2N5O3/c19-15-7-17(23-8-16(15)26(28)29)24-13-2-1-3-25(10-13)18(27)9-22-14-5-11(20)4-12(21)6-14/h4-8,13,22H,1-3,9-10H2,(H,23,24)/t13-/m0/s1. The Bertz CT molecular complexity index is 910. The van der Waals surface area contributed by atoms with Crippen molar-refractivity contribution in [3.8, 4) is 0 Å². The second-order valence-corrected chi connectivity index (χ2v) is 8.34. The molecular formula is C18H18BrCl2N5O3. The number of carbonyl (C=O) groups is 1. The zero-order valence-corrected chi connectivity index (χ0v) is 18.3. The molecule has 0 aliphatic carbocycles. The van der Waals surface area contributed by atoms with Crippen molar-refractivity contribution >= 4 is 62.2 Å². The first-order chi connectivity index (χ1) is 13.8. The van der Waals surface area contributed by atoms with E-state index in [2.05, 4.69) is 31.5 Å². The van der Waals surface area contributed by atoms with Crippen LogP contribution in [0.3, 0.4) is 0 Å². The summed E-state index contributed by atoms with van der Waals surface area (Å²) in [6, 6.07) is 6.62. The number of anilines is 2. The number of rotatable bonds is 6. The summed E-state index contributed by atoms with van der Waals surface area (Å²) in [5.74, 6) is 0.485. The summed E-state index contributed by atoms with van der Waals surface area (Å²) >= 11 is 15.1. The molecule has 29 heavy (non-hydrogen) atoms. The minimum absolute atomic E-state index is 0.00849. The monoisotopic (exact) mass is 501 g/mol. The van der Waals surface area contributed by atoms with Crippen LogP contribution >= 0.6 is 39.1 Å². The summed E-state index contributed by atoms with van der Waals surface area (Å²) in [6.07, 6.45) is 2.93. The summed E-state index contributed by atoms with van der Waals surface area (Å²) in [5, 5.41) is 18.2. The van der Waals surface area contributed by atoms with Crippen LogP contribution in [0.25, 0.3) is 0 Å². The maximum atomic E-state index is 12.6. The lowest BCUT2D eigenvalue weighted by Gasteiger charge is -2.33. The maximum absolute atomic E-state index is 12.6. The van der Waals surface area contributed by atoms with Gasteiger partial charge in [0, 0.05) is 40.9 Å². The lowest BCUT2D eigenvalue weighted by Crippen LogP contribution is -2.47. The van der Waals surface area contributed by atoms with Gasteiger partial charge in [-0.2, -0.15) is 0 Å². The number of hydrogen-bond acceptors (Lipinski definition) is 6. The van der Waals surface area contributed by atoms with Gasteiger partial charge in [-0.15, -0.1) is 0 Å². The fourth-order valence-electron chi connectivity index (χ4n) is 3.11. The topological polar surface area (TPSA) is 100 Å². The number of halogens is 3. The Hall–Kier alpha value is -2.10. The van der Waals surface area contributed by atoms with Crippen molar-refractivity contribution in [3.05, 3.63) is 55.1 Å². The van der Waals surface area contributed by atoms with Crippen LogP contribution in [0.2, 0.25) is 10.0 Å². The molecule has 0 saturated carbocycles. The minimum atomic E-state index is -0.498. The summed E-state index contributed by atoms with van der Waals surface area (Å²) in [5.41, 5.74) is 0.589. The third kappa shape index (κ3) is 5.94. The van der Waals surface area contributed by atoms with Gasteiger partial charge in [0.25, 0.3) is 0 Å². The van der Waals surface area contributed by atoms with Gasteiger partial charge in [0.1, 0.15) is 16.5 Å². The number of benzene rings is 1. The Balaban J connectivity index is 1.56. The highest BCUT2D eigenvalue weighted by molar-refractivity contribution is 9.10. The molecule has 0 spiro atoms. The van der Waals surface area contributed by atoms with Crippen LogP contribution in [0.15, 0.2) is 34.9 Å². The van der Waals surface area contributed by atoms with E-state index in [0.717, 1.165) is 12.8 Å². The van der Waals surface area contributed by atoms with Crippen molar-refractivity contribution in [2.45, 2.75) is 18.9 Å². The fraction of sp³-hybridized carbons (Fsp3) is 0.333. The van der Waals surface area contributed by atoms with Crippen LogP contribution in [0.1, 0.15) is 12.8 Å². The molecule has 0 bridgehead atoms. The number of amides is 1. The first-order valence-corrected chi connectivity index (χ1v) is 10.4. The van der Waals surface area contributed by atoms with Gasteiger partial charge in [-0.1, -0.05) is 23.2 Å². The van der Waals surface area contributed by atoms with Crippen LogP contribution in [0.5, 0.6) is 0 Å². The Kier molecular flexibility index (Phi) is 7.15. The van der Waals surface area contributed by atoms with E-state index in [1.54, 1.807) is 29.2 Å². The van der Waals surface area contributed by atoms with Crippen molar-refractivity contribution < 1.29 is 9.72 Å². The average Bonchev–Trinajstić information content (AvgIpc) is 2.65. The van der Waals surface area contributed by atoms with Crippen molar-refractivity contribution in [2.24, 2.45) is 0 Å². The van der Waals surface area contributed by atoms with E-state index in [0.29, 0.717) is 39.1 Å². The largest absolute Gasteiger partial charge is 0.376 e. The number of pyridine rings is 1. The van der Waals surface area contributed by atoms with Gasteiger partial charge in [-0.3, -0.25) is 14.9 Å². The maximum Gasteiger partial charge on any atom is 0.301 e. The van der Waals surface area contributed by atoms with E-state index in [4.69, 9.17) is 23.2 Å². The van der Waals surface area contributed by atoms with Gasteiger partial charge in [0.2, 0.25) is 5.91 Å². The normalized spacial score (nSPS) is 16.4. The molecule has 0 radical (unpaired) electrons. The van der Waals surface area contributed by atoms with Gasteiger partial charge in [0.05, 0.1) is 11.5 Å². The number of nitro groups is 1.